The van der Waals surface area contributed by atoms with Crippen molar-refractivity contribution < 1.29 is 0 Å². The van der Waals surface area contributed by atoms with Gasteiger partial charge in [0.15, 0.2) is 0 Å². The van der Waals surface area contributed by atoms with E-state index in [0.717, 1.165) is 11.4 Å². The summed E-state index contributed by atoms with van der Waals surface area (Å²) in [5, 5.41) is 0. The van der Waals surface area contributed by atoms with Gasteiger partial charge < -0.3 is 0 Å². The number of aryl methyl sites for hydroxylation is 2. The van der Waals surface area contributed by atoms with Crippen LogP contribution in [0.5, 0.6) is 0 Å². The second-order valence-corrected chi connectivity index (χ2v) is 6.58. The van der Waals surface area contributed by atoms with Crippen molar-refractivity contribution in [1.82, 2.24) is 9.88 Å². The van der Waals surface area contributed by atoms with Crippen LogP contribution in [-0.4, -0.2) is 23.0 Å². The maximum absolute atomic E-state index is 4.75. The summed E-state index contributed by atoms with van der Waals surface area (Å²) in [7, 11) is 0. The van der Waals surface area contributed by atoms with Crippen LogP contribution in [0, 0.1) is 20.8 Å². The van der Waals surface area contributed by atoms with Crippen LogP contribution in [0.25, 0.3) is 11.3 Å². The number of nitrogens with zero attached hydrogens (tertiary/aromatic N) is 2. The topological polar surface area (TPSA) is 16.1 Å². The van der Waals surface area contributed by atoms with Gasteiger partial charge in [0.25, 0.3) is 0 Å². The molecule has 1 aromatic carbocycles. The molecule has 0 N–H and O–H groups in total. The van der Waals surface area contributed by atoms with E-state index in [1.54, 1.807) is 0 Å². The fourth-order valence-electron chi connectivity index (χ4n) is 3.32. The highest BCUT2D eigenvalue weighted by molar-refractivity contribution is 5.61. The van der Waals surface area contributed by atoms with Gasteiger partial charge in [-0.05, 0) is 76.4 Å². The van der Waals surface area contributed by atoms with Crippen molar-refractivity contribution in [3.8, 4) is 11.3 Å². The molecule has 1 aromatic heterocycles. The molecule has 0 bridgehead atoms. The molecular formula is C20H26N2. The molecule has 3 rings (SSSR count). The second-order valence-electron chi connectivity index (χ2n) is 6.58. The Bertz CT molecular complexity index is 629. The molecule has 0 saturated carbocycles. The smallest absolute Gasteiger partial charge is 0.0708 e. The van der Waals surface area contributed by atoms with Crippen LogP contribution in [0.2, 0.25) is 0 Å². The maximum atomic E-state index is 4.75. The van der Waals surface area contributed by atoms with E-state index >= 15 is 0 Å². The first-order valence-electron chi connectivity index (χ1n) is 8.35. The Balaban J connectivity index is 1.85. The van der Waals surface area contributed by atoms with Gasteiger partial charge in [0.05, 0.1) is 5.69 Å². The van der Waals surface area contributed by atoms with Crippen LogP contribution >= 0.6 is 0 Å². The minimum atomic E-state index is 0.519. The number of rotatable bonds is 3. The van der Waals surface area contributed by atoms with E-state index in [2.05, 4.69) is 62.9 Å². The third-order valence-electron chi connectivity index (χ3n) is 5.15. The number of hydrogen-bond acceptors (Lipinski definition) is 2. The summed E-state index contributed by atoms with van der Waals surface area (Å²) in [6.07, 6.45) is 2.68. The van der Waals surface area contributed by atoms with Gasteiger partial charge in [0, 0.05) is 17.3 Å². The summed E-state index contributed by atoms with van der Waals surface area (Å²) in [6, 6.07) is 11.7. The summed E-state index contributed by atoms with van der Waals surface area (Å²) >= 11 is 0. The van der Waals surface area contributed by atoms with Crippen molar-refractivity contribution in [2.75, 3.05) is 13.1 Å². The highest BCUT2D eigenvalue weighted by atomic mass is 15.2. The molecule has 1 aliphatic heterocycles. The fourth-order valence-corrected chi connectivity index (χ4v) is 3.32. The molecule has 22 heavy (non-hydrogen) atoms. The van der Waals surface area contributed by atoms with Crippen LogP contribution < -0.4 is 0 Å². The SMILES string of the molecule is Cc1cc(-c2ccc(C(C)N3CCCC3)cc2)nc(C)c1C. The molecule has 0 radical (unpaired) electrons. The van der Waals surface area contributed by atoms with E-state index < -0.39 is 0 Å². The number of likely N-dealkylation sites (tertiary alicyclic amines) is 1. The minimum Gasteiger partial charge on any atom is -0.297 e. The predicted octanol–water partition coefficient (Wildman–Crippen LogP) is 4.83. The molecule has 1 saturated heterocycles. The Morgan fingerprint density at radius 2 is 1.64 bits per heavy atom. The van der Waals surface area contributed by atoms with Crippen molar-refractivity contribution >= 4 is 0 Å². The Hall–Kier alpha value is -1.67. The molecule has 1 unspecified atom stereocenters. The number of benzene rings is 1. The summed E-state index contributed by atoms with van der Waals surface area (Å²) in [4.78, 5) is 7.32. The molecule has 2 aromatic rings. The van der Waals surface area contributed by atoms with E-state index in [1.165, 1.54) is 48.2 Å². The van der Waals surface area contributed by atoms with Crippen molar-refractivity contribution in [3.05, 3.63) is 52.7 Å². The zero-order valence-electron chi connectivity index (χ0n) is 14.2. The molecular weight excluding hydrogens is 268 g/mol. The zero-order chi connectivity index (χ0) is 15.7. The van der Waals surface area contributed by atoms with E-state index in [-0.39, 0.29) is 0 Å². The fraction of sp³-hybridized carbons (Fsp3) is 0.450. The average molecular weight is 294 g/mol. The lowest BCUT2D eigenvalue weighted by atomic mass is 10.0. The van der Waals surface area contributed by atoms with Gasteiger partial charge in [-0.3, -0.25) is 9.88 Å². The average Bonchev–Trinajstić information content (AvgIpc) is 3.06. The molecule has 2 heterocycles. The third-order valence-corrected chi connectivity index (χ3v) is 5.15. The van der Waals surface area contributed by atoms with Crippen molar-refractivity contribution in [2.24, 2.45) is 0 Å². The number of pyridine rings is 1. The van der Waals surface area contributed by atoms with Crippen LogP contribution in [0.15, 0.2) is 30.3 Å². The molecule has 1 atom stereocenters. The first kappa shape index (κ1) is 15.2. The minimum absolute atomic E-state index is 0.519. The lowest BCUT2D eigenvalue weighted by Crippen LogP contribution is -2.23. The summed E-state index contributed by atoms with van der Waals surface area (Å²) < 4.78 is 0. The Kier molecular flexibility index (Phi) is 4.30. The van der Waals surface area contributed by atoms with E-state index in [9.17, 15) is 0 Å². The third kappa shape index (κ3) is 2.93. The normalized spacial score (nSPS) is 16.9. The van der Waals surface area contributed by atoms with Crippen molar-refractivity contribution in [3.63, 3.8) is 0 Å². The quantitative estimate of drug-likeness (QED) is 0.806. The first-order chi connectivity index (χ1) is 10.6. The first-order valence-corrected chi connectivity index (χ1v) is 8.35. The molecule has 0 spiro atoms. The number of hydrogen-bond donors (Lipinski definition) is 0. The molecule has 0 aliphatic carbocycles. The lowest BCUT2D eigenvalue weighted by Gasteiger charge is -2.24. The zero-order valence-corrected chi connectivity index (χ0v) is 14.2. The van der Waals surface area contributed by atoms with Crippen molar-refractivity contribution in [2.45, 2.75) is 46.6 Å². The van der Waals surface area contributed by atoms with Gasteiger partial charge in [-0.25, -0.2) is 0 Å². The number of aromatic nitrogens is 1. The molecule has 1 fully saturated rings. The molecule has 116 valence electrons. The van der Waals surface area contributed by atoms with Gasteiger partial charge in [-0.15, -0.1) is 0 Å². The van der Waals surface area contributed by atoms with Crippen LogP contribution in [0.3, 0.4) is 0 Å². The molecule has 2 nitrogen and oxygen atoms in total. The van der Waals surface area contributed by atoms with Crippen molar-refractivity contribution in [1.29, 1.82) is 0 Å². The van der Waals surface area contributed by atoms with Gasteiger partial charge in [-0.1, -0.05) is 24.3 Å². The largest absolute Gasteiger partial charge is 0.297 e. The lowest BCUT2D eigenvalue weighted by molar-refractivity contribution is 0.263. The Morgan fingerprint density at radius 1 is 1.00 bits per heavy atom. The van der Waals surface area contributed by atoms with E-state index in [0.29, 0.717) is 6.04 Å². The van der Waals surface area contributed by atoms with Gasteiger partial charge in [0.2, 0.25) is 0 Å². The second kappa shape index (κ2) is 6.21. The van der Waals surface area contributed by atoms with Gasteiger partial charge >= 0.3 is 0 Å². The monoisotopic (exact) mass is 294 g/mol. The van der Waals surface area contributed by atoms with Crippen LogP contribution in [0.4, 0.5) is 0 Å². The molecule has 0 amide bonds. The van der Waals surface area contributed by atoms with Crippen LogP contribution in [0.1, 0.15) is 48.2 Å². The predicted molar refractivity (Wildman–Crippen MR) is 93.1 cm³/mol. The summed E-state index contributed by atoms with van der Waals surface area (Å²) in [6.45, 7) is 11.2. The standard InChI is InChI=1S/C20H26N2/c1-14-13-20(21-16(3)15(14)2)19-9-7-18(8-10-19)17(4)22-11-5-6-12-22/h7-10,13,17H,5-6,11-12H2,1-4H3. The Morgan fingerprint density at radius 3 is 2.23 bits per heavy atom. The molecule has 2 heteroatoms. The maximum Gasteiger partial charge on any atom is 0.0708 e. The highest BCUT2D eigenvalue weighted by Gasteiger charge is 2.19. The Labute approximate surface area is 134 Å². The van der Waals surface area contributed by atoms with E-state index in [1.807, 2.05) is 0 Å². The highest BCUT2D eigenvalue weighted by Crippen LogP contribution is 2.27. The van der Waals surface area contributed by atoms with Gasteiger partial charge in [-0.2, -0.15) is 0 Å². The summed E-state index contributed by atoms with van der Waals surface area (Å²) in [5.41, 5.74) is 7.44. The van der Waals surface area contributed by atoms with Gasteiger partial charge in [0.1, 0.15) is 0 Å². The van der Waals surface area contributed by atoms with Crippen LogP contribution in [-0.2, 0) is 0 Å². The summed E-state index contributed by atoms with van der Waals surface area (Å²) in [5.74, 6) is 0. The molecule has 1 aliphatic rings. The van der Waals surface area contributed by atoms with E-state index in [4.69, 9.17) is 4.98 Å².